The van der Waals surface area contributed by atoms with Crippen molar-refractivity contribution < 1.29 is 48.3 Å². The molecule has 0 radical (unpaired) electrons. The van der Waals surface area contributed by atoms with Gasteiger partial charge in [-0.15, -0.1) is 0 Å². The van der Waals surface area contributed by atoms with Gasteiger partial charge in [-0.1, -0.05) is 44.2 Å². The lowest BCUT2D eigenvalue weighted by atomic mass is 10.0. The topological polar surface area (TPSA) is 317 Å². The first-order valence-corrected chi connectivity index (χ1v) is 20.7. The van der Waals surface area contributed by atoms with Crippen molar-refractivity contribution in [2.24, 2.45) is 22.4 Å². The van der Waals surface area contributed by atoms with Crippen LogP contribution in [0.4, 0.5) is 0 Å². The molecule has 8 amide bonds. The molecular formula is C40H59N11O10. The van der Waals surface area contributed by atoms with E-state index in [0.29, 0.717) is 31.2 Å². The van der Waals surface area contributed by atoms with E-state index >= 15 is 0 Å². The number of nitrogens with one attached hydrogen (secondary N) is 6. The third-order valence-corrected chi connectivity index (χ3v) is 10.7. The van der Waals surface area contributed by atoms with Crippen LogP contribution in [0.2, 0.25) is 0 Å². The number of hydrogen-bond acceptors (Lipinski definition) is 10. The molecule has 21 heteroatoms. The summed E-state index contributed by atoms with van der Waals surface area (Å²) in [6.07, 6.45) is 0.921. The summed E-state index contributed by atoms with van der Waals surface area (Å²) in [4.78, 5) is 129. The van der Waals surface area contributed by atoms with E-state index in [9.17, 15) is 48.3 Å². The van der Waals surface area contributed by atoms with Crippen LogP contribution in [0.5, 0.6) is 0 Å². The number of benzene rings is 1. The molecule has 0 aromatic heterocycles. The van der Waals surface area contributed by atoms with Crippen LogP contribution in [0.15, 0.2) is 35.3 Å². The van der Waals surface area contributed by atoms with Crippen molar-refractivity contribution in [1.82, 2.24) is 41.7 Å². The Bertz CT molecular complexity index is 1820. The minimum absolute atomic E-state index is 0.0175. The third-order valence-electron chi connectivity index (χ3n) is 10.7. The van der Waals surface area contributed by atoms with Crippen LogP contribution < -0.4 is 43.4 Å². The molecule has 0 unspecified atom stereocenters. The standard InChI is InChI=1S/C40H59N11O10/c1-22(2)18-28-38(60)51-17-9-14-30(51)39(61)50-16-8-13-29(50)37(59)45-23(3)33(55)48-26(19-24-10-5-4-6-11-24)35(57)47-25(12-7-15-43-40(41)42)34(56)44-21-31(52)46-27(20-32(53)54)36(58)49-28/h4-6,10-11,22-23,25-30H,7-9,12-21H2,1-3H3,(H,44,56)(H,45,59)(H,46,52)(H,47,57)(H,48,55)(H,49,58)(H,53,54)(H4,41,42,43)/t23-,25-,26-,27-,28+,29-,30+/m0/s1. The number of amides is 8. The zero-order valence-corrected chi connectivity index (χ0v) is 34.8. The molecule has 0 spiro atoms. The molecule has 3 saturated heterocycles. The lowest BCUT2D eigenvalue weighted by molar-refractivity contribution is -0.148. The highest BCUT2D eigenvalue weighted by Crippen LogP contribution is 2.26. The Labute approximate surface area is 353 Å². The highest BCUT2D eigenvalue weighted by molar-refractivity contribution is 5.99. The lowest BCUT2D eigenvalue weighted by Gasteiger charge is -2.34. The molecule has 21 nitrogen and oxygen atoms in total. The van der Waals surface area contributed by atoms with Crippen LogP contribution in [-0.4, -0.2) is 143 Å². The summed E-state index contributed by atoms with van der Waals surface area (Å²) < 4.78 is 0. The van der Waals surface area contributed by atoms with Gasteiger partial charge in [-0.2, -0.15) is 0 Å². The Morgan fingerprint density at radius 2 is 1.36 bits per heavy atom. The third kappa shape index (κ3) is 13.9. The highest BCUT2D eigenvalue weighted by Gasteiger charge is 2.44. The maximum Gasteiger partial charge on any atom is 0.305 e. The van der Waals surface area contributed by atoms with Crippen molar-refractivity contribution in [2.45, 2.75) is 121 Å². The fraction of sp³-hybridized carbons (Fsp3) is 0.600. The first kappa shape index (κ1) is 47.4. The zero-order valence-electron chi connectivity index (χ0n) is 34.8. The van der Waals surface area contributed by atoms with Crippen LogP contribution in [0, 0.1) is 5.92 Å². The number of nitrogens with zero attached hydrogens (tertiary/aromatic N) is 3. The van der Waals surface area contributed by atoms with Crippen molar-refractivity contribution >= 4 is 59.2 Å². The Balaban J connectivity index is 1.69. The number of hydrogen-bond donors (Lipinski definition) is 9. The fourth-order valence-electron chi connectivity index (χ4n) is 7.64. The van der Waals surface area contributed by atoms with Gasteiger partial charge in [-0.05, 0) is 63.4 Å². The first-order chi connectivity index (χ1) is 28.9. The van der Waals surface area contributed by atoms with E-state index in [2.05, 4.69) is 36.9 Å². The number of carbonyl (C=O) groups excluding carboxylic acids is 8. The quantitative estimate of drug-likeness (QED) is 0.0663. The number of carbonyl (C=O) groups is 9. The highest BCUT2D eigenvalue weighted by atomic mass is 16.4. The van der Waals surface area contributed by atoms with Gasteiger partial charge in [0.2, 0.25) is 47.3 Å². The second-order valence-electron chi connectivity index (χ2n) is 16.0. The van der Waals surface area contributed by atoms with Crippen molar-refractivity contribution in [2.75, 3.05) is 26.2 Å². The Kier molecular flexibility index (Phi) is 17.4. The van der Waals surface area contributed by atoms with Crippen LogP contribution in [0.1, 0.15) is 77.7 Å². The van der Waals surface area contributed by atoms with Gasteiger partial charge < -0.3 is 58.3 Å². The molecule has 61 heavy (non-hydrogen) atoms. The normalized spacial score (nSPS) is 26.5. The molecule has 3 aliphatic heterocycles. The molecule has 3 aliphatic rings. The van der Waals surface area contributed by atoms with Crippen molar-refractivity contribution in [1.29, 1.82) is 0 Å². The molecule has 1 aromatic carbocycles. The van der Waals surface area contributed by atoms with Gasteiger partial charge in [0, 0.05) is 26.1 Å². The summed E-state index contributed by atoms with van der Waals surface area (Å²) in [5.74, 6) is -7.66. The smallest absolute Gasteiger partial charge is 0.305 e. The maximum absolute atomic E-state index is 14.2. The average molecular weight is 854 g/mol. The Morgan fingerprint density at radius 3 is 2.00 bits per heavy atom. The molecule has 0 saturated carbocycles. The number of aliphatic carboxylic acids is 1. The zero-order chi connectivity index (χ0) is 44.8. The molecule has 3 heterocycles. The lowest BCUT2D eigenvalue weighted by Crippen LogP contribution is -2.60. The summed E-state index contributed by atoms with van der Waals surface area (Å²) >= 11 is 0. The van der Waals surface area contributed by atoms with E-state index < -0.39 is 108 Å². The average Bonchev–Trinajstić information content (AvgIpc) is 3.90. The molecule has 3 fully saturated rings. The van der Waals surface area contributed by atoms with Gasteiger partial charge in [0.15, 0.2) is 5.96 Å². The van der Waals surface area contributed by atoms with Crippen molar-refractivity contribution in [3.05, 3.63) is 35.9 Å². The second-order valence-corrected chi connectivity index (χ2v) is 16.0. The SMILES string of the molecule is CC(C)C[C@H]1NC(=O)[C@H](CC(=O)O)NC(=O)CNC(=O)[C@H](CCCN=C(N)N)NC(=O)[C@H](Cc2ccccc2)NC(=O)[C@H](C)NC(=O)[C@@H]2CCCN2C(=O)[C@H]2CCCN2C1=O. The maximum atomic E-state index is 14.2. The van der Waals surface area contributed by atoms with Gasteiger partial charge in [0.1, 0.15) is 42.3 Å². The number of fused-ring (bicyclic) bond motifs is 2. The second kappa shape index (κ2) is 22.4. The molecule has 4 rings (SSSR count). The fourth-order valence-corrected chi connectivity index (χ4v) is 7.64. The first-order valence-electron chi connectivity index (χ1n) is 20.7. The molecule has 11 N–H and O–H groups in total. The number of aliphatic imine (C=N–C) groups is 1. The minimum atomic E-state index is -1.67. The van der Waals surface area contributed by atoms with Gasteiger partial charge >= 0.3 is 5.97 Å². The van der Waals surface area contributed by atoms with E-state index in [1.165, 1.54) is 16.7 Å². The van der Waals surface area contributed by atoms with Gasteiger partial charge in [0.25, 0.3) is 0 Å². The minimum Gasteiger partial charge on any atom is -0.481 e. The number of nitrogens with two attached hydrogens (primary N) is 2. The summed E-state index contributed by atoms with van der Waals surface area (Å²) in [5, 5.41) is 25.0. The Hall–Kier alpha value is -6.28. The summed E-state index contributed by atoms with van der Waals surface area (Å²) in [7, 11) is 0. The molecule has 1 aromatic rings. The summed E-state index contributed by atoms with van der Waals surface area (Å²) in [5.41, 5.74) is 11.5. The largest absolute Gasteiger partial charge is 0.481 e. The number of carboxylic acids is 1. The van der Waals surface area contributed by atoms with Crippen LogP contribution in [0.3, 0.4) is 0 Å². The molecular weight excluding hydrogens is 795 g/mol. The van der Waals surface area contributed by atoms with Crippen LogP contribution in [0.25, 0.3) is 0 Å². The van der Waals surface area contributed by atoms with E-state index in [1.54, 1.807) is 30.3 Å². The summed E-state index contributed by atoms with van der Waals surface area (Å²) in [6.45, 7) is 4.80. The molecule has 0 bridgehead atoms. The van der Waals surface area contributed by atoms with Crippen LogP contribution >= 0.6 is 0 Å². The monoisotopic (exact) mass is 853 g/mol. The molecule has 0 aliphatic carbocycles. The van der Waals surface area contributed by atoms with Crippen molar-refractivity contribution in [3.63, 3.8) is 0 Å². The molecule has 7 atom stereocenters. The van der Waals surface area contributed by atoms with E-state index in [-0.39, 0.29) is 57.2 Å². The summed E-state index contributed by atoms with van der Waals surface area (Å²) in [6, 6.07) is 0.211. The van der Waals surface area contributed by atoms with Crippen LogP contribution in [-0.2, 0) is 49.6 Å². The number of carboxylic acid groups (broad SMARTS) is 1. The van der Waals surface area contributed by atoms with Gasteiger partial charge in [-0.3, -0.25) is 48.1 Å². The Morgan fingerprint density at radius 1 is 0.754 bits per heavy atom. The predicted octanol–water partition coefficient (Wildman–Crippen LogP) is -2.64. The molecule has 334 valence electrons. The number of guanidine groups is 1. The van der Waals surface area contributed by atoms with E-state index in [1.807, 2.05) is 13.8 Å². The predicted molar refractivity (Wildman–Crippen MR) is 220 cm³/mol. The van der Waals surface area contributed by atoms with E-state index in [0.717, 1.165) is 0 Å². The number of rotatable bonds is 10. The van der Waals surface area contributed by atoms with Gasteiger partial charge in [-0.25, -0.2) is 0 Å². The van der Waals surface area contributed by atoms with Gasteiger partial charge in [0.05, 0.1) is 13.0 Å². The van der Waals surface area contributed by atoms with Crippen molar-refractivity contribution in [3.8, 4) is 0 Å². The van der Waals surface area contributed by atoms with E-state index in [4.69, 9.17) is 11.5 Å².